The molecule has 7 aromatic rings. The molecule has 0 aliphatic rings. The number of amides is 2. The minimum Gasteiger partial charge on any atom is -0.496 e. The molecular formula is C39H35N7O2. The molecule has 0 aliphatic heterocycles. The lowest BCUT2D eigenvalue weighted by Crippen LogP contribution is -2.38. The van der Waals surface area contributed by atoms with E-state index in [0.717, 1.165) is 50.2 Å². The van der Waals surface area contributed by atoms with Crippen molar-refractivity contribution in [2.75, 3.05) is 19.0 Å². The number of benzene rings is 4. The minimum atomic E-state index is -0.877. The van der Waals surface area contributed by atoms with Gasteiger partial charge in [-0.3, -0.25) is 10.00 Å². The number of methoxy groups -OCH3 is 1. The molecule has 2 N–H and O–H groups in total. The first-order chi connectivity index (χ1) is 23.6. The summed E-state index contributed by atoms with van der Waals surface area (Å²) in [4.78, 5) is 17.8. The normalized spacial score (nSPS) is 11.4. The van der Waals surface area contributed by atoms with Gasteiger partial charge in [-0.1, -0.05) is 109 Å². The second-order valence-corrected chi connectivity index (χ2v) is 11.5. The maximum Gasteiger partial charge on any atom is 0.320 e. The average molecular weight is 634 g/mol. The minimum absolute atomic E-state index is 0.351. The van der Waals surface area contributed by atoms with Gasteiger partial charge in [0, 0.05) is 43.0 Å². The van der Waals surface area contributed by atoms with Crippen LogP contribution in [0, 0.1) is 0 Å². The number of rotatable bonds is 10. The van der Waals surface area contributed by atoms with E-state index in [2.05, 4.69) is 61.8 Å². The van der Waals surface area contributed by atoms with E-state index in [4.69, 9.17) is 9.84 Å². The maximum absolute atomic E-state index is 13.1. The number of pyridine rings is 1. The van der Waals surface area contributed by atoms with E-state index in [1.807, 2.05) is 104 Å². The zero-order valence-electron chi connectivity index (χ0n) is 26.7. The van der Waals surface area contributed by atoms with E-state index >= 15 is 0 Å². The molecule has 0 bridgehead atoms. The topological polar surface area (TPSA) is 98.9 Å². The molecule has 9 heteroatoms. The number of nitrogens with one attached hydrogen (secondary N) is 2. The molecule has 2 amide bonds. The molecule has 48 heavy (non-hydrogen) atoms. The predicted molar refractivity (Wildman–Crippen MR) is 188 cm³/mol. The second-order valence-electron chi connectivity index (χ2n) is 11.5. The van der Waals surface area contributed by atoms with Crippen molar-refractivity contribution in [3.63, 3.8) is 0 Å². The zero-order chi connectivity index (χ0) is 32.9. The maximum atomic E-state index is 13.1. The fourth-order valence-electron chi connectivity index (χ4n) is 6.38. The molecule has 0 saturated heterocycles. The quantitative estimate of drug-likeness (QED) is 0.157. The number of ether oxygens (including phenoxy) is 1. The number of carbonyl (C=O) groups is 1. The average Bonchev–Trinajstić information content (AvgIpc) is 3.74. The monoisotopic (exact) mass is 633 g/mol. The van der Waals surface area contributed by atoms with Crippen LogP contribution in [0.15, 0.2) is 140 Å². The summed E-state index contributed by atoms with van der Waals surface area (Å²) in [6, 6.07) is 40.5. The SMILES string of the molecule is COc1ccccc1CCNC(=O)Nc1cc2c(cn1)c(-c1cnn(C)c1)nn2C(c1ccccc1)(c1ccccc1)c1ccccc1. The highest BCUT2D eigenvalue weighted by Gasteiger charge is 2.41. The summed E-state index contributed by atoms with van der Waals surface area (Å²) in [6.45, 7) is 0.427. The predicted octanol–water partition coefficient (Wildman–Crippen LogP) is 7.04. The Bertz CT molecular complexity index is 2060. The lowest BCUT2D eigenvalue weighted by Gasteiger charge is -2.37. The summed E-state index contributed by atoms with van der Waals surface area (Å²) in [5.41, 5.74) is 5.64. The molecule has 0 unspecified atom stereocenters. The number of fused-ring (bicyclic) bond motifs is 1. The van der Waals surface area contributed by atoms with Gasteiger partial charge in [0.1, 0.15) is 22.8 Å². The molecule has 0 spiro atoms. The fraction of sp³-hybridized carbons (Fsp3) is 0.128. The van der Waals surface area contributed by atoms with E-state index in [-0.39, 0.29) is 6.03 Å². The second kappa shape index (κ2) is 13.3. The highest BCUT2D eigenvalue weighted by molar-refractivity contribution is 5.96. The summed E-state index contributed by atoms with van der Waals surface area (Å²) in [5.74, 6) is 1.20. The van der Waals surface area contributed by atoms with E-state index in [0.29, 0.717) is 18.8 Å². The van der Waals surface area contributed by atoms with Crippen molar-refractivity contribution in [2.24, 2.45) is 7.05 Å². The van der Waals surface area contributed by atoms with E-state index in [9.17, 15) is 4.79 Å². The van der Waals surface area contributed by atoms with Gasteiger partial charge in [0.15, 0.2) is 0 Å². The third-order valence-electron chi connectivity index (χ3n) is 8.55. The third kappa shape index (κ3) is 5.66. The van der Waals surface area contributed by atoms with Gasteiger partial charge in [-0.25, -0.2) is 14.5 Å². The Balaban J connectivity index is 1.36. The van der Waals surface area contributed by atoms with Crippen molar-refractivity contribution >= 4 is 22.8 Å². The van der Waals surface area contributed by atoms with Crippen LogP contribution in [0.4, 0.5) is 10.6 Å². The van der Waals surface area contributed by atoms with Crippen LogP contribution in [0.2, 0.25) is 0 Å². The number of hydrogen-bond donors (Lipinski definition) is 2. The Labute approximate surface area is 278 Å². The van der Waals surface area contributed by atoms with Gasteiger partial charge in [-0.05, 0) is 34.7 Å². The number of urea groups is 1. The number of aryl methyl sites for hydroxylation is 1. The summed E-state index contributed by atoms with van der Waals surface area (Å²) in [6.07, 6.45) is 6.15. The first-order valence-electron chi connectivity index (χ1n) is 15.8. The Morgan fingerprint density at radius 1 is 0.812 bits per heavy atom. The van der Waals surface area contributed by atoms with Gasteiger partial charge in [0.2, 0.25) is 0 Å². The van der Waals surface area contributed by atoms with Gasteiger partial charge in [-0.2, -0.15) is 10.2 Å². The van der Waals surface area contributed by atoms with Gasteiger partial charge in [0.25, 0.3) is 0 Å². The third-order valence-corrected chi connectivity index (χ3v) is 8.55. The molecule has 0 atom stereocenters. The smallest absolute Gasteiger partial charge is 0.320 e. The van der Waals surface area contributed by atoms with Crippen LogP contribution < -0.4 is 15.4 Å². The summed E-state index contributed by atoms with van der Waals surface area (Å²) < 4.78 is 9.29. The van der Waals surface area contributed by atoms with E-state index in [1.54, 1.807) is 18.0 Å². The van der Waals surface area contributed by atoms with Crippen LogP contribution in [0.25, 0.3) is 22.2 Å². The fourth-order valence-corrected chi connectivity index (χ4v) is 6.38. The molecule has 0 saturated carbocycles. The first-order valence-corrected chi connectivity index (χ1v) is 15.8. The Hall–Kier alpha value is -6.22. The number of para-hydroxylation sites is 1. The molecule has 238 valence electrons. The van der Waals surface area contributed by atoms with Crippen LogP contribution >= 0.6 is 0 Å². The van der Waals surface area contributed by atoms with Crippen LogP contribution in [0.5, 0.6) is 5.75 Å². The molecule has 4 aromatic carbocycles. The standard InChI is InChI=1S/C39H35N7O2/c1-45-27-29(25-42-45)37-33-26-41-36(43-38(47)40-23-22-28-14-12-13-21-35(28)48-2)24-34(33)46(44-37)39(30-15-6-3-7-16-30,31-17-8-4-9-18-31)32-19-10-5-11-20-32/h3-21,24-27H,22-23H2,1-2H3,(H2,40,41,43,47). The van der Waals surface area contributed by atoms with Crippen LogP contribution in [-0.4, -0.2) is 44.2 Å². The first kappa shape index (κ1) is 30.4. The van der Waals surface area contributed by atoms with Gasteiger partial charge < -0.3 is 10.1 Å². The molecule has 3 aromatic heterocycles. The molecule has 0 aliphatic carbocycles. The van der Waals surface area contributed by atoms with Crippen molar-refractivity contribution < 1.29 is 9.53 Å². The lowest BCUT2D eigenvalue weighted by atomic mass is 9.77. The number of nitrogens with zero attached hydrogens (tertiary/aromatic N) is 5. The van der Waals surface area contributed by atoms with Gasteiger partial charge >= 0.3 is 6.03 Å². The summed E-state index contributed by atoms with van der Waals surface area (Å²) >= 11 is 0. The van der Waals surface area contributed by atoms with E-state index in [1.165, 1.54) is 0 Å². The summed E-state index contributed by atoms with van der Waals surface area (Å²) in [5, 5.41) is 16.6. The molecule has 9 nitrogen and oxygen atoms in total. The highest BCUT2D eigenvalue weighted by Crippen LogP contribution is 2.44. The molecular weight excluding hydrogens is 598 g/mol. The molecule has 0 fully saturated rings. The molecule has 7 rings (SSSR count). The van der Waals surface area contributed by atoms with Crippen molar-refractivity contribution in [3.8, 4) is 17.0 Å². The van der Waals surface area contributed by atoms with Crippen molar-refractivity contribution in [3.05, 3.63) is 162 Å². The van der Waals surface area contributed by atoms with Crippen LogP contribution in [-0.2, 0) is 19.0 Å². The number of carbonyl (C=O) groups excluding carboxylic acids is 1. The van der Waals surface area contributed by atoms with Crippen molar-refractivity contribution in [1.82, 2.24) is 29.9 Å². The zero-order valence-corrected chi connectivity index (χ0v) is 26.7. The van der Waals surface area contributed by atoms with Crippen LogP contribution in [0.3, 0.4) is 0 Å². The Morgan fingerprint density at radius 2 is 1.42 bits per heavy atom. The number of aromatic nitrogens is 5. The number of anilines is 1. The van der Waals surface area contributed by atoms with Crippen LogP contribution in [0.1, 0.15) is 22.3 Å². The highest BCUT2D eigenvalue weighted by atomic mass is 16.5. The summed E-state index contributed by atoms with van der Waals surface area (Å²) in [7, 11) is 3.53. The molecule has 0 radical (unpaired) electrons. The van der Waals surface area contributed by atoms with Gasteiger partial charge in [0.05, 0.1) is 18.8 Å². The Kier molecular flexibility index (Phi) is 8.40. The van der Waals surface area contributed by atoms with Crippen molar-refractivity contribution in [2.45, 2.75) is 12.0 Å². The van der Waals surface area contributed by atoms with E-state index < -0.39 is 5.54 Å². The van der Waals surface area contributed by atoms with Gasteiger partial charge in [-0.15, -0.1) is 0 Å². The Morgan fingerprint density at radius 3 is 2.00 bits per heavy atom. The largest absolute Gasteiger partial charge is 0.496 e. The van der Waals surface area contributed by atoms with Crippen molar-refractivity contribution in [1.29, 1.82) is 0 Å². The number of hydrogen-bond acceptors (Lipinski definition) is 5. The lowest BCUT2D eigenvalue weighted by molar-refractivity contribution is 0.252. The molecule has 3 heterocycles.